The predicted molar refractivity (Wildman–Crippen MR) is 80.3 cm³/mol. The third-order valence-electron chi connectivity index (χ3n) is 3.14. The molecule has 20 heavy (non-hydrogen) atoms. The van der Waals surface area contributed by atoms with Gasteiger partial charge in [0.2, 0.25) is 0 Å². The van der Waals surface area contributed by atoms with E-state index in [0.717, 1.165) is 32.7 Å². The van der Waals surface area contributed by atoms with Crippen molar-refractivity contribution in [1.82, 2.24) is 20.9 Å². The Morgan fingerprint density at radius 2 is 2.10 bits per heavy atom. The van der Waals surface area contributed by atoms with Crippen LogP contribution in [0.25, 0.3) is 0 Å². The lowest BCUT2D eigenvalue weighted by atomic mass is 10.2. The van der Waals surface area contributed by atoms with E-state index in [0.29, 0.717) is 18.7 Å². The summed E-state index contributed by atoms with van der Waals surface area (Å²) in [4.78, 5) is 24.9. The molecular formula is C12H24N4O3S. The first-order valence-electron chi connectivity index (χ1n) is 6.82. The first-order valence-corrected chi connectivity index (χ1v) is 8.22. The molecular weight excluding hydrogens is 280 g/mol. The first kappa shape index (κ1) is 17.1. The number of aliphatic carboxylic acids is 1. The fraction of sp³-hybridized carbons (Fsp3) is 0.833. The number of hydrogen-bond acceptors (Lipinski definition) is 5. The fourth-order valence-corrected chi connectivity index (χ4v) is 2.44. The van der Waals surface area contributed by atoms with Crippen LogP contribution in [0.2, 0.25) is 0 Å². The number of carboxylic acids is 1. The SMILES string of the molecule is CSCCC(NC(=O)NCCN1CCNCC1)C(=O)O. The maximum absolute atomic E-state index is 11.6. The van der Waals surface area contributed by atoms with Gasteiger partial charge in [-0.2, -0.15) is 11.8 Å². The van der Waals surface area contributed by atoms with Crippen LogP contribution in [0.1, 0.15) is 6.42 Å². The summed E-state index contributed by atoms with van der Waals surface area (Å²) in [5, 5.41) is 17.5. The molecule has 0 aromatic rings. The van der Waals surface area contributed by atoms with E-state index in [2.05, 4.69) is 20.9 Å². The number of rotatable bonds is 8. The summed E-state index contributed by atoms with van der Waals surface area (Å²) in [6, 6.07) is -1.23. The zero-order valence-corrected chi connectivity index (χ0v) is 12.7. The summed E-state index contributed by atoms with van der Waals surface area (Å²) in [6.07, 6.45) is 2.34. The molecule has 1 fully saturated rings. The maximum Gasteiger partial charge on any atom is 0.326 e. The summed E-state index contributed by atoms with van der Waals surface area (Å²) in [6.45, 7) is 5.23. The quantitative estimate of drug-likeness (QED) is 0.478. The van der Waals surface area contributed by atoms with Gasteiger partial charge in [0.25, 0.3) is 0 Å². The Morgan fingerprint density at radius 3 is 2.70 bits per heavy atom. The van der Waals surface area contributed by atoms with Gasteiger partial charge in [-0.05, 0) is 18.4 Å². The minimum atomic E-state index is -0.990. The van der Waals surface area contributed by atoms with Gasteiger partial charge in [-0.15, -0.1) is 0 Å². The molecule has 1 rings (SSSR count). The zero-order chi connectivity index (χ0) is 14.8. The molecule has 1 atom stereocenters. The highest BCUT2D eigenvalue weighted by molar-refractivity contribution is 7.98. The number of carbonyl (C=O) groups excluding carboxylic acids is 1. The van der Waals surface area contributed by atoms with Crippen molar-refractivity contribution >= 4 is 23.8 Å². The Kier molecular flexibility index (Phi) is 8.40. The molecule has 4 N–H and O–H groups in total. The van der Waals surface area contributed by atoms with Gasteiger partial charge in [0.15, 0.2) is 0 Å². The number of piperazine rings is 1. The molecule has 8 heteroatoms. The summed E-state index contributed by atoms with van der Waals surface area (Å²) in [5.74, 6) is -0.283. The van der Waals surface area contributed by atoms with Crippen molar-refractivity contribution in [2.45, 2.75) is 12.5 Å². The van der Waals surface area contributed by atoms with Crippen LogP contribution in [-0.2, 0) is 4.79 Å². The Bertz CT molecular complexity index is 311. The normalized spacial score (nSPS) is 17.4. The lowest BCUT2D eigenvalue weighted by Crippen LogP contribution is -2.49. The third kappa shape index (κ3) is 6.97. The van der Waals surface area contributed by atoms with E-state index in [4.69, 9.17) is 5.11 Å². The Hall–Kier alpha value is -0.990. The number of urea groups is 1. The van der Waals surface area contributed by atoms with Crippen molar-refractivity contribution in [3.63, 3.8) is 0 Å². The van der Waals surface area contributed by atoms with E-state index in [1.807, 2.05) is 6.26 Å². The smallest absolute Gasteiger partial charge is 0.326 e. The van der Waals surface area contributed by atoms with Crippen LogP contribution in [0.3, 0.4) is 0 Å². The van der Waals surface area contributed by atoms with Gasteiger partial charge in [-0.25, -0.2) is 9.59 Å². The second-order valence-corrected chi connectivity index (χ2v) is 5.65. The summed E-state index contributed by atoms with van der Waals surface area (Å²) < 4.78 is 0. The highest BCUT2D eigenvalue weighted by Gasteiger charge is 2.19. The molecule has 1 aliphatic heterocycles. The molecule has 0 aromatic carbocycles. The van der Waals surface area contributed by atoms with E-state index in [-0.39, 0.29) is 0 Å². The molecule has 1 heterocycles. The van der Waals surface area contributed by atoms with E-state index in [1.54, 1.807) is 11.8 Å². The van der Waals surface area contributed by atoms with Crippen molar-refractivity contribution in [1.29, 1.82) is 0 Å². The van der Waals surface area contributed by atoms with Gasteiger partial charge >= 0.3 is 12.0 Å². The second-order valence-electron chi connectivity index (χ2n) is 4.66. The molecule has 0 aliphatic carbocycles. The molecule has 1 unspecified atom stereocenters. The third-order valence-corrected chi connectivity index (χ3v) is 3.78. The van der Waals surface area contributed by atoms with Crippen molar-refractivity contribution in [3.8, 4) is 0 Å². The largest absolute Gasteiger partial charge is 0.480 e. The van der Waals surface area contributed by atoms with Crippen molar-refractivity contribution in [2.24, 2.45) is 0 Å². The monoisotopic (exact) mass is 304 g/mol. The van der Waals surface area contributed by atoms with Gasteiger partial charge in [0, 0.05) is 39.3 Å². The van der Waals surface area contributed by atoms with Gasteiger partial charge < -0.3 is 21.1 Å². The van der Waals surface area contributed by atoms with Crippen LogP contribution in [0, 0.1) is 0 Å². The summed E-state index contributed by atoms with van der Waals surface area (Å²) >= 11 is 1.56. The molecule has 1 saturated heterocycles. The highest BCUT2D eigenvalue weighted by Crippen LogP contribution is 2.00. The molecule has 0 spiro atoms. The van der Waals surface area contributed by atoms with Crippen LogP contribution >= 0.6 is 11.8 Å². The molecule has 0 radical (unpaired) electrons. The van der Waals surface area contributed by atoms with Crippen LogP contribution in [-0.4, -0.2) is 79.3 Å². The number of hydrogen-bond donors (Lipinski definition) is 4. The number of nitrogens with zero attached hydrogens (tertiary/aromatic N) is 1. The van der Waals surface area contributed by atoms with Crippen molar-refractivity contribution in [3.05, 3.63) is 0 Å². The van der Waals surface area contributed by atoms with Crippen LogP contribution in [0.5, 0.6) is 0 Å². The van der Waals surface area contributed by atoms with Gasteiger partial charge in [-0.3, -0.25) is 4.90 Å². The highest BCUT2D eigenvalue weighted by atomic mass is 32.2. The van der Waals surface area contributed by atoms with Gasteiger partial charge in [0.1, 0.15) is 6.04 Å². The number of nitrogens with one attached hydrogen (secondary N) is 3. The second kappa shape index (κ2) is 9.84. The Labute approximate surface area is 123 Å². The Balaban J connectivity index is 2.18. The molecule has 0 aromatic heterocycles. The van der Waals surface area contributed by atoms with E-state index < -0.39 is 18.0 Å². The van der Waals surface area contributed by atoms with Crippen LogP contribution < -0.4 is 16.0 Å². The van der Waals surface area contributed by atoms with E-state index >= 15 is 0 Å². The lowest BCUT2D eigenvalue weighted by molar-refractivity contribution is -0.139. The van der Waals surface area contributed by atoms with E-state index in [9.17, 15) is 9.59 Å². The standard InChI is InChI=1S/C12H24N4O3S/c1-20-9-2-10(11(17)18)15-12(19)14-5-8-16-6-3-13-4-7-16/h10,13H,2-9H2,1H3,(H,17,18)(H2,14,15,19). The topological polar surface area (TPSA) is 93.7 Å². The number of thioether (sulfide) groups is 1. The average molecular weight is 304 g/mol. The molecule has 116 valence electrons. The summed E-state index contributed by atoms with van der Waals surface area (Å²) in [5.41, 5.74) is 0. The number of carbonyl (C=O) groups is 2. The van der Waals surface area contributed by atoms with Crippen LogP contribution in [0.15, 0.2) is 0 Å². The minimum Gasteiger partial charge on any atom is -0.480 e. The molecule has 1 aliphatic rings. The lowest BCUT2D eigenvalue weighted by Gasteiger charge is -2.27. The Morgan fingerprint density at radius 1 is 1.40 bits per heavy atom. The zero-order valence-electron chi connectivity index (χ0n) is 11.9. The van der Waals surface area contributed by atoms with Crippen molar-refractivity contribution in [2.75, 3.05) is 51.3 Å². The maximum atomic E-state index is 11.6. The number of amides is 2. The van der Waals surface area contributed by atoms with Gasteiger partial charge in [-0.1, -0.05) is 0 Å². The van der Waals surface area contributed by atoms with Crippen molar-refractivity contribution < 1.29 is 14.7 Å². The minimum absolute atomic E-state index is 0.409. The molecule has 2 amide bonds. The predicted octanol–water partition coefficient (Wildman–Crippen LogP) is -0.603. The molecule has 7 nitrogen and oxygen atoms in total. The number of carboxylic acid groups (broad SMARTS) is 1. The van der Waals surface area contributed by atoms with Gasteiger partial charge in [0.05, 0.1) is 0 Å². The first-order chi connectivity index (χ1) is 9.63. The average Bonchev–Trinajstić information content (AvgIpc) is 2.44. The summed E-state index contributed by atoms with van der Waals surface area (Å²) in [7, 11) is 0. The molecule has 0 bridgehead atoms. The fourth-order valence-electron chi connectivity index (χ4n) is 1.96. The molecule has 0 saturated carbocycles. The van der Waals surface area contributed by atoms with E-state index in [1.165, 1.54) is 0 Å². The van der Waals surface area contributed by atoms with Crippen LogP contribution in [0.4, 0.5) is 4.79 Å².